The van der Waals surface area contributed by atoms with E-state index in [1.54, 1.807) is 23.9 Å². The zero-order chi connectivity index (χ0) is 25.1. The van der Waals surface area contributed by atoms with Gasteiger partial charge in [-0.3, -0.25) is 19.2 Å². The second-order valence-corrected chi connectivity index (χ2v) is 8.84. The van der Waals surface area contributed by atoms with E-state index in [0.29, 0.717) is 79.5 Å². The maximum atomic E-state index is 13.0. The second-order valence-electron chi connectivity index (χ2n) is 8.84. The number of aliphatic hydroxyl groups is 1. The van der Waals surface area contributed by atoms with Crippen LogP contribution in [0, 0.1) is 0 Å². The molecule has 0 saturated carbocycles. The molecule has 35 heavy (non-hydrogen) atoms. The van der Waals surface area contributed by atoms with E-state index in [4.69, 9.17) is 9.72 Å². The van der Waals surface area contributed by atoms with Gasteiger partial charge < -0.3 is 19.7 Å². The molecule has 1 aliphatic heterocycles. The molecule has 10 nitrogen and oxygen atoms in total. The summed E-state index contributed by atoms with van der Waals surface area (Å²) in [6.07, 6.45) is 0.792. The monoisotopic (exact) mass is 482 g/mol. The summed E-state index contributed by atoms with van der Waals surface area (Å²) in [6, 6.07) is 5.41. The number of carbonyl (C=O) groups excluding carboxylic acids is 1. The number of rotatable bonds is 9. The Labute approximate surface area is 204 Å². The Morgan fingerprint density at radius 3 is 2.69 bits per heavy atom. The van der Waals surface area contributed by atoms with Gasteiger partial charge in [0.2, 0.25) is 5.91 Å². The largest absolute Gasteiger partial charge is 0.493 e. The van der Waals surface area contributed by atoms with Crippen LogP contribution >= 0.6 is 0 Å². The third-order valence-electron chi connectivity index (χ3n) is 6.40. The molecular weight excluding hydrogens is 448 g/mol. The number of piperazine rings is 1. The van der Waals surface area contributed by atoms with Crippen molar-refractivity contribution < 1.29 is 14.6 Å². The number of hydrogen-bond acceptors (Lipinski definition) is 7. The van der Waals surface area contributed by atoms with Gasteiger partial charge in [0.1, 0.15) is 17.1 Å². The highest BCUT2D eigenvalue weighted by Crippen LogP contribution is 2.32. The number of β-amino-alcohol motifs (C(OH)–C–C–N with tert-alkyl or cyclic N) is 1. The number of fused-ring (bicyclic) bond motifs is 1. The molecule has 1 fully saturated rings. The topological polar surface area (TPSA) is 117 Å². The maximum Gasteiger partial charge on any atom is 0.277 e. The third kappa shape index (κ3) is 5.08. The molecule has 1 aromatic carbocycles. The number of carbonyl (C=O) groups is 1. The molecule has 1 aliphatic rings. The number of aromatic amines is 1. The minimum Gasteiger partial charge on any atom is -0.493 e. The van der Waals surface area contributed by atoms with Crippen molar-refractivity contribution in [3.05, 3.63) is 39.8 Å². The number of benzene rings is 1. The number of aliphatic hydroxyl groups excluding tert-OH is 1. The van der Waals surface area contributed by atoms with Crippen LogP contribution in [0.2, 0.25) is 0 Å². The Kier molecular flexibility index (Phi) is 7.51. The minimum atomic E-state index is -0.810. The molecule has 2 aromatic heterocycles. The lowest BCUT2D eigenvalue weighted by Gasteiger charge is -2.34. The Morgan fingerprint density at radius 2 is 2.00 bits per heavy atom. The van der Waals surface area contributed by atoms with Crippen molar-refractivity contribution in [1.29, 1.82) is 0 Å². The number of aryl methyl sites for hydroxylation is 2. The van der Waals surface area contributed by atoms with E-state index in [1.807, 2.05) is 29.7 Å². The van der Waals surface area contributed by atoms with Gasteiger partial charge in [-0.2, -0.15) is 5.10 Å². The fourth-order valence-corrected chi connectivity index (χ4v) is 4.60. The lowest BCUT2D eigenvalue weighted by Crippen LogP contribution is -2.50. The Bertz CT molecular complexity index is 1270. The van der Waals surface area contributed by atoms with E-state index in [-0.39, 0.29) is 11.5 Å². The van der Waals surface area contributed by atoms with Crippen LogP contribution in [0.1, 0.15) is 44.6 Å². The Hall–Kier alpha value is -3.24. The standard InChI is InChI=1S/C25H34N6O4/c1-5-8-18-22-23(29(4)28-18)25(34)27-24(26-22)17-13-16(9-10-20(17)35-7-3)19(32)14-30-11-12-31(6-2)21(33)15-30/h9-10,13,19,32H,5-8,11-12,14-15H2,1-4H3,(H,26,27,34). The van der Waals surface area contributed by atoms with Crippen molar-refractivity contribution in [3.63, 3.8) is 0 Å². The van der Waals surface area contributed by atoms with Crippen LogP contribution in [0.4, 0.5) is 0 Å². The Balaban J connectivity index is 1.68. The summed E-state index contributed by atoms with van der Waals surface area (Å²) < 4.78 is 7.39. The molecule has 0 radical (unpaired) electrons. The predicted octanol–water partition coefficient (Wildman–Crippen LogP) is 1.87. The lowest BCUT2D eigenvalue weighted by atomic mass is 10.0. The van der Waals surface area contributed by atoms with E-state index in [1.165, 1.54) is 0 Å². The number of ether oxygens (including phenoxy) is 1. The van der Waals surface area contributed by atoms with Crippen molar-refractivity contribution in [2.45, 2.75) is 39.7 Å². The molecule has 1 atom stereocenters. The molecule has 1 amide bonds. The number of likely N-dealkylation sites (N-methyl/N-ethyl adjacent to an activating group) is 1. The van der Waals surface area contributed by atoms with E-state index in [0.717, 1.165) is 12.1 Å². The van der Waals surface area contributed by atoms with E-state index >= 15 is 0 Å². The zero-order valence-corrected chi connectivity index (χ0v) is 20.9. The van der Waals surface area contributed by atoms with Gasteiger partial charge in [-0.15, -0.1) is 0 Å². The fourth-order valence-electron chi connectivity index (χ4n) is 4.60. The van der Waals surface area contributed by atoms with Crippen molar-refractivity contribution in [2.75, 3.05) is 39.3 Å². The summed E-state index contributed by atoms with van der Waals surface area (Å²) in [5.74, 6) is 1.02. The van der Waals surface area contributed by atoms with Crippen LogP contribution in [0.15, 0.2) is 23.0 Å². The summed E-state index contributed by atoms with van der Waals surface area (Å²) in [4.78, 5) is 36.7. The molecule has 188 valence electrons. The first kappa shape index (κ1) is 24.9. The molecule has 0 spiro atoms. The van der Waals surface area contributed by atoms with Crippen LogP contribution < -0.4 is 10.3 Å². The summed E-state index contributed by atoms with van der Waals surface area (Å²) in [6.45, 7) is 9.06. The number of nitrogens with zero attached hydrogens (tertiary/aromatic N) is 5. The molecule has 3 heterocycles. The molecular formula is C25H34N6O4. The molecule has 1 saturated heterocycles. The molecule has 2 N–H and O–H groups in total. The van der Waals surface area contributed by atoms with Gasteiger partial charge in [-0.25, -0.2) is 4.98 Å². The number of hydrogen-bond donors (Lipinski definition) is 2. The second kappa shape index (κ2) is 10.6. The maximum absolute atomic E-state index is 13.0. The van der Waals surface area contributed by atoms with Gasteiger partial charge >= 0.3 is 0 Å². The molecule has 0 bridgehead atoms. The van der Waals surface area contributed by atoms with E-state index < -0.39 is 6.10 Å². The van der Waals surface area contributed by atoms with Crippen LogP contribution in [0.25, 0.3) is 22.4 Å². The van der Waals surface area contributed by atoms with Crippen molar-refractivity contribution >= 4 is 16.9 Å². The number of amides is 1. The summed E-state index contributed by atoms with van der Waals surface area (Å²) in [7, 11) is 1.74. The molecule has 10 heteroatoms. The van der Waals surface area contributed by atoms with Gasteiger partial charge in [-0.05, 0) is 38.0 Å². The highest BCUT2D eigenvalue weighted by molar-refractivity contribution is 5.80. The van der Waals surface area contributed by atoms with Gasteiger partial charge in [-0.1, -0.05) is 19.4 Å². The normalized spacial score (nSPS) is 15.7. The van der Waals surface area contributed by atoms with Crippen LogP contribution in [0.3, 0.4) is 0 Å². The SMILES string of the molecule is CCCc1nn(C)c2c(=O)[nH]c(-c3cc(C(O)CN4CCN(CC)C(=O)C4)ccc3OCC)nc12. The Morgan fingerprint density at radius 1 is 1.20 bits per heavy atom. The lowest BCUT2D eigenvalue weighted by molar-refractivity contribution is -0.136. The predicted molar refractivity (Wildman–Crippen MR) is 133 cm³/mol. The van der Waals surface area contributed by atoms with Crippen LogP contribution in [-0.4, -0.2) is 79.9 Å². The van der Waals surface area contributed by atoms with Gasteiger partial charge in [0.25, 0.3) is 5.56 Å². The van der Waals surface area contributed by atoms with Crippen molar-refractivity contribution in [1.82, 2.24) is 29.5 Å². The van der Waals surface area contributed by atoms with Crippen LogP contribution in [0.5, 0.6) is 5.75 Å². The first-order chi connectivity index (χ1) is 16.9. The average Bonchev–Trinajstić information content (AvgIpc) is 3.15. The average molecular weight is 483 g/mol. The molecule has 3 aromatic rings. The third-order valence-corrected chi connectivity index (χ3v) is 6.40. The number of H-pyrrole nitrogens is 1. The number of aromatic nitrogens is 4. The summed E-state index contributed by atoms with van der Waals surface area (Å²) in [5, 5.41) is 15.5. The van der Waals surface area contributed by atoms with E-state index in [9.17, 15) is 14.7 Å². The first-order valence-corrected chi connectivity index (χ1v) is 12.3. The highest BCUT2D eigenvalue weighted by atomic mass is 16.5. The summed E-state index contributed by atoms with van der Waals surface area (Å²) >= 11 is 0. The number of nitrogens with one attached hydrogen (secondary N) is 1. The van der Waals surface area contributed by atoms with Gasteiger partial charge in [0.15, 0.2) is 5.52 Å². The minimum absolute atomic E-state index is 0.0766. The quantitative estimate of drug-likeness (QED) is 0.478. The first-order valence-electron chi connectivity index (χ1n) is 12.3. The molecule has 4 rings (SSSR count). The smallest absolute Gasteiger partial charge is 0.277 e. The van der Waals surface area contributed by atoms with Crippen molar-refractivity contribution in [3.8, 4) is 17.1 Å². The van der Waals surface area contributed by atoms with Crippen LogP contribution in [-0.2, 0) is 18.3 Å². The van der Waals surface area contributed by atoms with Gasteiger partial charge in [0, 0.05) is 33.2 Å². The van der Waals surface area contributed by atoms with Gasteiger partial charge in [0.05, 0.1) is 30.5 Å². The molecule has 1 unspecified atom stereocenters. The highest BCUT2D eigenvalue weighted by Gasteiger charge is 2.25. The van der Waals surface area contributed by atoms with Crippen molar-refractivity contribution in [2.24, 2.45) is 7.05 Å². The fraction of sp³-hybridized carbons (Fsp3) is 0.520. The molecule has 0 aliphatic carbocycles. The summed E-state index contributed by atoms with van der Waals surface area (Å²) in [5.41, 5.74) is 2.78. The zero-order valence-electron chi connectivity index (χ0n) is 20.9. The van der Waals surface area contributed by atoms with E-state index in [2.05, 4.69) is 17.0 Å².